The first-order valence-electron chi connectivity index (χ1n) is 11.1. The van der Waals surface area contributed by atoms with Crippen molar-refractivity contribution in [1.82, 2.24) is 15.0 Å². The van der Waals surface area contributed by atoms with Crippen molar-refractivity contribution in [3.8, 4) is 22.5 Å². The van der Waals surface area contributed by atoms with Crippen LogP contribution in [0.25, 0.3) is 22.5 Å². The largest absolute Gasteiger partial charge is 0.337 e. The molecule has 1 saturated heterocycles. The van der Waals surface area contributed by atoms with Crippen molar-refractivity contribution in [2.75, 3.05) is 6.54 Å². The van der Waals surface area contributed by atoms with Gasteiger partial charge >= 0.3 is 0 Å². The molecule has 5 nitrogen and oxygen atoms in total. The van der Waals surface area contributed by atoms with E-state index in [1.165, 1.54) is 0 Å². The summed E-state index contributed by atoms with van der Waals surface area (Å²) in [6.07, 6.45) is 2.83. The molecule has 1 atom stereocenters. The number of aromatic nitrogens is 2. The molecule has 0 N–H and O–H groups in total. The Labute approximate surface area is 187 Å². The minimum absolute atomic E-state index is 0.00428. The summed E-state index contributed by atoms with van der Waals surface area (Å²) in [5.74, 6) is 1.08. The van der Waals surface area contributed by atoms with E-state index in [2.05, 4.69) is 22.3 Å². The van der Waals surface area contributed by atoms with E-state index in [9.17, 15) is 4.79 Å². The third kappa shape index (κ3) is 4.06. The van der Waals surface area contributed by atoms with Crippen molar-refractivity contribution in [3.05, 3.63) is 95.9 Å². The van der Waals surface area contributed by atoms with Crippen molar-refractivity contribution in [2.45, 2.75) is 32.2 Å². The van der Waals surface area contributed by atoms with Crippen LogP contribution in [0.3, 0.4) is 0 Å². The van der Waals surface area contributed by atoms with Crippen molar-refractivity contribution >= 4 is 5.91 Å². The molecule has 0 aliphatic carbocycles. The van der Waals surface area contributed by atoms with E-state index in [1.807, 2.05) is 78.6 Å². The van der Waals surface area contributed by atoms with Gasteiger partial charge in [-0.1, -0.05) is 71.4 Å². The minimum atomic E-state index is -0.198. The second-order valence-corrected chi connectivity index (χ2v) is 8.28. The molecule has 0 saturated carbocycles. The van der Waals surface area contributed by atoms with E-state index < -0.39 is 0 Å². The lowest BCUT2D eigenvalue weighted by molar-refractivity contribution is 0.0561. The molecule has 5 heteroatoms. The number of rotatable bonds is 4. The third-order valence-corrected chi connectivity index (χ3v) is 6.01. The summed E-state index contributed by atoms with van der Waals surface area (Å²) in [6, 6.07) is 25.8. The third-order valence-electron chi connectivity index (χ3n) is 6.01. The fourth-order valence-electron chi connectivity index (χ4n) is 4.31. The molecule has 1 amide bonds. The number of amides is 1. The number of carbonyl (C=O) groups excluding carboxylic acids is 1. The molecule has 4 aromatic rings. The van der Waals surface area contributed by atoms with Crippen LogP contribution in [0.4, 0.5) is 0 Å². The number of nitrogens with zero attached hydrogens (tertiary/aromatic N) is 3. The van der Waals surface area contributed by atoms with Crippen LogP contribution in [0.2, 0.25) is 0 Å². The first-order valence-corrected chi connectivity index (χ1v) is 11.1. The lowest BCUT2D eigenvalue weighted by Crippen LogP contribution is -2.38. The SMILES string of the molecule is Cc1cccc(-c2noc(C3CCCCN3C(=O)c3ccc(-c4ccccc4)cc3)n2)c1. The Morgan fingerprint density at radius 1 is 0.906 bits per heavy atom. The average Bonchev–Trinajstić information content (AvgIpc) is 3.35. The minimum Gasteiger partial charge on any atom is -0.337 e. The molecule has 1 aliphatic heterocycles. The van der Waals surface area contributed by atoms with Gasteiger partial charge in [-0.05, 0) is 55.5 Å². The molecule has 5 rings (SSSR count). The highest BCUT2D eigenvalue weighted by atomic mass is 16.5. The van der Waals surface area contributed by atoms with Gasteiger partial charge in [-0.2, -0.15) is 4.98 Å². The molecule has 0 bridgehead atoms. The highest BCUT2D eigenvalue weighted by Gasteiger charge is 2.32. The summed E-state index contributed by atoms with van der Waals surface area (Å²) in [4.78, 5) is 19.9. The van der Waals surface area contributed by atoms with Crippen LogP contribution in [-0.2, 0) is 0 Å². The predicted octanol–water partition coefficient (Wildman–Crippen LogP) is 6.08. The molecule has 2 heterocycles. The summed E-state index contributed by atoms with van der Waals surface area (Å²) in [5, 5.41) is 4.19. The lowest BCUT2D eigenvalue weighted by Gasteiger charge is -2.33. The zero-order chi connectivity index (χ0) is 21.9. The normalized spacial score (nSPS) is 16.2. The standard InChI is InChI=1S/C27H25N3O2/c1-19-8-7-11-23(18-19)25-28-26(32-29-25)24-12-5-6-17-30(24)27(31)22-15-13-21(14-16-22)20-9-3-2-4-10-20/h2-4,7-11,13-16,18,24H,5-6,12,17H2,1H3. The molecule has 1 fully saturated rings. The van der Waals surface area contributed by atoms with Crippen molar-refractivity contribution in [1.29, 1.82) is 0 Å². The molecule has 0 spiro atoms. The summed E-state index contributed by atoms with van der Waals surface area (Å²) < 4.78 is 5.64. The summed E-state index contributed by atoms with van der Waals surface area (Å²) in [7, 11) is 0. The van der Waals surface area contributed by atoms with Gasteiger partial charge in [0.1, 0.15) is 6.04 Å². The molecule has 3 aromatic carbocycles. The van der Waals surface area contributed by atoms with Crippen molar-refractivity contribution < 1.29 is 9.32 Å². The van der Waals surface area contributed by atoms with Crippen LogP contribution >= 0.6 is 0 Å². The molecule has 1 unspecified atom stereocenters. The van der Waals surface area contributed by atoms with Gasteiger partial charge in [0, 0.05) is 17.7 Å². The Hall–Kier alpha value is -3.73. The van der Waals surface area contributed by atoms with Gasteiger partial charge in [0.05, 0.1) is 0 Å². The highest BCUT2D eigenvalue weighted by molar-refractivity contribution is 5.95. The van der Waals surface area contributed by atoms with Crippen LogP contribution < -0.4 is 0 Å². The Morgan fingerprint density at radius 3 is 2.44 bits per heavy atom. The Balaban J connectivity index is 1.38. The number of hydrogen-bond donors (Lipinski definition) is 0. The second-order valence-electron chi connectivity index (χ2n) is 8.28. The predicted molar refractivity (Wildman–Crippen MR) is 124 cm³/mol. The number of benzene rings is 3. The second kappa shape index (κ2) is 8.79. The van der Waals surface area contributed by atoms with Crippen LogP contribution in [-0.4, -0.2) is 27.5 Å². The number of aryl methyl sites for hydroxylation is 1. The Morgan fingerprint density at radius 2 is 1.66 bits per heavy atom. The maximum atomic E-state index is 13.4. The summed E-state index contributed by atoms with van der Waals surface area (Å²) in [6.45, 7) is 2.72. The van der Waals surface area contributed by atoms with E-state index in [0.29, 0.717) is 23.8 Å². The van der Waals surface area contributed by atoms with Gasteiger partial charge in [0.25, 0.3) is 5.91 Å². The van der Waals surface area contributed by atoms with Crippen LogP contribution in [0, 0.1) is 6.92 Å². The molecule has 160 valence electrons. The first-order chi connectivity index (χ1) is 15.7. The van der Waals surface area contributed by atoms with Crippen LogP contribution in [0.15, 0.2) is 83.4 Å². The fraction of sp³-hybridized carbons (Fsp3) is 0.222. The monoisotopic (exact) mass is 423 g/mol. The van der Waals surface area contributed by atoms with E-state index in [0.717, 1.165) is 41.5 Å². The number of piperidine rings is 1. The number of hydrogen-bond acceptors (Lipinski definition) is 4. The molecule has 0 radical (unpaired) electrons. The summed E-state index contributed by atoms with van der Waals surface area (Å²) in [5.41, 5.74) is 4.97. The van der Waals surface area contributed by atoms with E-state index >= 15 is 0 Å². The van der Waals surface area contributed by atoms with Gasteiger partial charge < -0.3 is 9.42 Å². The van der Waals surface area contributed by atoms with E-state index in [1.54, 1.807) is 0 Å². The van der Waals surface area contributed by atoms with Gasteiger partial charge in [-0.15, -0.1) is 0 Å². The average molecular weight is 424 g/mol. The lowest BCUT2D eigenvalue weighted by atomic mass is 9.99. The van der Waals surface area contributed by atoms with Gasteiger partial charge in [0.15, 0.2) is 0 Å². The molecule has 32 heavy (non-hydrogen) atoms. The topological polar surface area (TPSA) is 59.2 Å². The number of carbonyl (C=O) groups is 1. The van der Waals surface area contributed by atoms with Crippen molar-refractivity contribution in [3.63, 3.8) is 0 Å². The fourth-order valence-corrected chi connectivity index (χ4v) is 4.31. The quantitative estimate of drug-likeness (QED) is 0.399. The maximum Gasteiger partial charge on any atom is 0.254 e. The zero-order valence-corrected chi connectivity index (χ0v) is 18.1. The Kier molecular flexibility index (Phi) is 5.55. The summed E-state index contributed by atoms with van der Waals surface area (Å²) >= 11 is 0. The molecular weight excluding hydrogens is 398 g/mol. The molecule has 1 aliphatic rings. The highest BCUT2D eigenvalue weighted by Crippen LogP contribution is 2.32. The molecular formula is C27H25N3O2. The van der Waals surface area contributed by atoms with E-state index in [-0.39, 0.29) is 11.9 Å². The van der Waals surface area contributed by atoms with Gasteiger partial charge in [-0.25, -0.2) is 0 Å². The number of likely N-dealkylation sites (tertiary alicyclic amines) is 1. The smallest absolute Gasteiger partial charge is 0.254 e. The maximum absolute atomic E-state index is 13.4. The van der Waals surface area contributed by atoms with Crippen LogP contribution in [0.5, 0.6) is 0 Å². The first kappa shape index (κ1) is 20.2. The zero-order valence-electron chi connectivity index (χ0n) is 18.1. The molecule has 1 aromatic heterocycles. The van der Waals surface area contributed by atoms with Gasteiger partial charge in [0.2, 0.25) is 11.7 Å². The Bertz CT molecular complexity index is 1220. The van der Waals surface area contributed by atoms with Gasteiger partial charge in [-0.3, -0.25) is 4.79 Å². The van der Waals surface area contributed by atoms with Crippen LogP contribution in [0.1, 0.15) is 47.1 Å². The van der Waals surface area contributed by atoms with Crippen molar-refractivity contribution in [2.24, 2.45) is 0 Å². The van der Waals surface area contributed by atoms with E-state index in [4.69, 9.17) is 4.52 Å².